The topological polar surface area (TPSA) is 44.4 Å². The lowest BCUT2D eigenvalue weighted by atomic mass is 10.1. The molecule has 2 aromatic heterocycles. The predicted molar refractivity (Wildman–Crippen MR) is 76.3 cm³/mol. The van der Waals surface area contributed by atoms with Crippen LogP contribution in [0.1, 0.15) is 21.7 Å². The van der Waals surface area contributed by atoms with E-state index in [1.165, 1.54) is 6.26 Å². The SMILES string of the molecule is COc1cccc2c1c(C(=O)c1occc1C)cn2C. The number of furan rings is 1. The van der Waals surface area contributed by atoms with E-state index in [2.05, 4.69) is 0 Å². The Balaban J connectivity index is 2.27. The van der Waals surface area contributed by atoms with Gasteiger partial charge in [-0.25, -0.2) is 0 Å². The number of benzene rings is 1. The molecule has 3 aromatic rings. The molecule has 0 fully saturated rings. The zero-order valence-electron chi connectivity index (χ0n) is 11.6. The van der Waals surface area contributed by atoms with Crippen molar-refractivity contribution in [1.29, 1.82) is 0 Å². The van der Waals surface area contributed by atoms with Gasteiger partial charge in [0, 0.05) is 13.2 Å². The van der Waals surface area contributed by atoms with Gasteiger partial charge in [0.1, 0.15) is 5.75 Å². The molecule has 4 heteroatoms. The molecule has 0 aliphatic carbocycles. The van der Waals surface area contributed by atoms with Crippen LogP contribution in [0.3, 0.4) is 0 Å². The first-order valence-corrected chi connectivity index (χ1v) is 6.34. The van der Waals surface area contributed by atoms with E-state index in [1.54, 1.807) is 13.2 Å². The van der Waals surface area contributed by atoms with Gasteiger partial charge < -0.3 is 13.7 Å². The highest BCUT2D eigenvalue weighted by Crippen LogP contribution is 2.32. The van der Waals surface area contributed by atoms with Gasteiger partial charge in [-0.2, -0.15) is 0 Å². The fraction of sp³-hybridized carbons (Fsp3) is 0.188. The number of hydrogen-bond acceptors (Lipinski definition) is 3. The Morgan fingerprint density at radius 3 is 2.75 bits per heavy atom. The number of ether oxygens (including phenoxy) is 1. The fourth-order valence-electron chi connectivity index (χ4n) is 2.48. The standard InChI is InChI=1S/C16H15NO3/c1-10-7-8-20-16(10)15(18)11-9-17(2)12-5-4-6-13(19-3)14(11)12/h4-9H,1-3H3. The van der Waals surface area contributed by atoms with Crippen molar-refractivity contribution in [2.45, 2.75) is 6.92 Å². The van der Waals surface area contributed by atoms with E-state index < -0.39 is 0 Å². The molecule has 0 unspecified atom stereocenters. The Morgan fingerprint density at radius 1 is 1.30 bits per heavy atom. The Kier molecular flexibility index (Phi) is 2.86. The van der Waals surface area contributed by atoms with Crippen LogP contribution in [0.15, 0.2) is 41.1 Å². The summed E-state index contributed by atoms with van der Waals surface area (Å²) in [6.45, 7) is 1.86. The third-order valence-electron chi connectivity index (χ3n) is 3.51. The van der Waals surface area contributed by atoms with Crippen molar-refractivity contribution in [1.82, 2.24) is 4.57 Å². The van der Waals surface area contributed by atoms with Crippen LogP contribution in [0.2, 0.25) is 0 Å². The maximum absolute atomic E-state index is 12.7. The Hall–Kier alpha value is -2.49. The normalized spacial score (nSPS) is 10.9. The van der Waals surface area contributed by atoms with Crippen molar-refractivity contribution in [2.75, 3.05) is 7.11 Å². The molecular formula is C16H15NO3. The molecule has 0 N–H and O–H groups in total. The third kappa shape index (κ3) is 1.72. The summed E-state index contributed by atoms with van der Waals surface area (Å²) in [7, 11) is 3.52. The van der Waals surface area contributed by atoms with Gasteiger partial charge in [0.15, 0.2) is 5.76 Å². The summed E-state index contributed by atoms with van der Waals surface area (Å²) in [5, 5.41) is 0.818. The van der Waals surface area contributed by atoms with Gasteiger partial charge in [0.2, 0.25) is 5.78 Å². The van der Waals surface area contributed by atoms with E-state index in [-0.39, 0.29) is 5.78 Å². The number of carbonyl (C=O) groups excluding carboxylic acids is 1. The number of aromatic nitrogens is 1. The maximum Gasteiger partial charge on any atom is 0.230 e. The summed E-state index contributed by atoms with van der Waals surface area (Å²) in [6, 6.07) is 7.51. The molecule has 102 valence electrons. The predicted octanol–water partition coefficient (Wildman–Crippen LogP) is 3.32. The van der Waals surface area contributed by atoms with Crippen molar-refractivity contribution >= 4 is 16.7 Å². The van der Waals surface area contributed by atoms with Gasteiger partial charge in [0.25, 0.3) is 0 Å². The first-order valence-electron chi connectivity index (χ1n) is 6.34. The minimum atomic E-state index is -0.123. The van der Waals surface area contributed by atoms with Crippen LogP contribution in [-0.4, -0.2) is 17.5 Å². The highest BCUT2D eigenvalue weighted by atomic mass is 16.5. The molecule has 0 radical (unpaired) electrons. The lowest BCUT2D eigenvalue weighted by Crippen LogP contribution is -2.01. The average Bonchev–Trinajstić information content (AvgIpc) is 3.02. The Labute approximate surface area is 116 Å². The van der Waals surface area contributed by atoms with E-state index in [9.17, 15) is 4.79 Å². The smallest absolute Gasteiger partial charge is 0.230 e. The van der Waals surface area contributed by atoms with E-state index in [4.69, 9.17) is 9.15 Å². The molecule has 0 amide bonds. The molecule has 4 nitrogen and oxygen atoms in total. The number of ketones is 1. The summed E-state index contributed by atoms with van der Waals surface area (Å²) < 4.78 is 12.6. The summed E-state index contributed by atoms with van der Waals surface area (Å²) in [5.74, 6) is 0.946. The molecule has 2 heterocycles. The van der Waals surface area contributed by atoms with Gasteiger partial charge in [0.05, 0.1) is 29.8 Å². The molecule has 1 aromatic carbocycles. The zero-order chi connectivity index (χ0) is 14.3. The van der Waals surface area contributed by atoms with Crippen LogP contribution < -0.4 is 4.74 Å². The lowest BCUT2D eigenvalue weighted by Gasteiger charge is -2.04. The van der Waals surface area contributed by atoms with Gasteiger partial charge in [-0.3, -0.25) is 4.79 Å². The molecule has 20 heavy (non-hydrogen) atoms. The summed E-state index contributed by atoms with van der Waals surface area (Å²) in [6.07, 6.45) is 3.35. The zero-order valence-corrected chi connectivity index (χ0v) is 11.6. The molecule has 0 aliphatic rings. The van der Waals surface area contributed by atoms with Crippen LogP contribution >= 0.6 is 0 Å². The molecule has 0 spiro atoms. The Morgan fingerprint density at radius 2 is 2.10 bits per heavy atom. The van der Waals surface area contributed by atoms with Crippen LogP contribution in [0.4, 0.5) is 0 Å². The Bertz CT molecular complexity index is 795. The third-order valence-corrected chi connectivity index (χ3v) is 3.51. The number of hydrogen-bond donors (Lipinski definition) is 0. The van der Waals surface area contributed by atoms with Crippen LogP contribution in [0, 0.1) is 6.92 Å². The second-order valence-electron chi connectivity index (χ2n) is 4.77. The maximum atomic E-state index is 12.7. The quantitative estimate of drug-likeness (QED) is 0.685. The largest absolute Gasteiger partial charge is 0.496 e. The monoisotopic (exact) mass is 269 g/mol. The molecule has 3 rings (SSSR count). The van der Waals surface area contributed by atoms with Crippen LogP contribution in [0.5, 0.6) is 5.75 Å². The van der Waals surface area contributed by atoms with E-state index in [0.717, 1.165) is 16.5 Å². The van der Waals surface area contributed by atoms with Gasteiger partial charge >= 0.3 is 0 Å². The number of rotatable bonds is 3. The molecule has 0 saturated carbocycles. The number of nitrogens with zero attached hydrogens (tertiary/aromatic N) is 1. The molecule has 0 aliphatic heterocycles. The number of aryl methyl sites for hydroxylation is 2. The molecular weight excluding hydrogens is 254 g/mol. The van der Waals surface area contributed by atoms with E-state index >= 15 is 0 Å². The molecule has 0 saturated heterocycles. The first kappa shape index (κ1) is 12.5. The average molecular weight is 269 g/mol. The minimum absolute atomic E-state index is 0.123. The highest BCUT2D eigenvalue weighted by Gasteiger charge is 2.22. The van der Waals surface area contributed by atoms with E-state index in [1.807, 2.05) is 42.9 Å². The number of fused-ring (bicyclic) bond motifs is 1. The lowest BCUT2D eigenvalue weighted by molar-refractivity contribution is 0.101. The van der Waals surface area contributed by atoms with Crippen molar-refractivity contribution in [3.05, 3.63) is 53.6 Å². The minimum Gasteiger partial charge on any atom is -0.496 e. The van der Waals surface area contributed by atoms with Crippen molar-refractivity contribution in [2.24, 2.45) is 7.05 Å². The van der Waals surface area contributed by atoms with Crippen molar-refractivity contribution < 1.29 is 13.9 Å². The van der Waals surface area contributed by atoms with Gasteiger partial charge in [-0.05, 0) is 30.7 Å². The summed E-state index contributed by atoms with van der Waals surface area (Å²) >= 11 is 0. The molecule has 0 atom stereocenters. The number of methoxy groups -OCH3 is 1. The van der Waals surface area contributed by atoms with Crippen LogP contribution in [0.25, 0.3) is 10.9 Å². The van der Waals surface area contributed by atoms with Crippen molar-refractivity contribution in [3.8, 4) is 5.75 Å². The van der Waals surface area contributed by atoms with Crippen LogP contribution in [-0.2, 0) is 7.05 Å². The second-order valence-corrected chi connectivity index (χ2v) is 4.77. The second kappa shape index (κ2) is 4.56. The summed E-state index contributed by atoms with van der Waals surface area (Å²) in [5.41, 5.74) is 2.39. The van der Waals surface area contributed by atoms with Gasteiger partial charge in [-0.15, -0.1) is 0 Å². The fourth-order valence-corrected chi connectivity index (χ4v) is 2.48. The van der Waals surface area contributed by atoms with Crippen molar-refractivity contribution in [3.63, 3.8) is 0 Å². The summed E-state index contributed by atoms with van der Waals surface area (Å²) in [4.78, 5) is 12.7. The van der Waals surface area contributed by atoms with E-state index in [0.29, 0.717) is 17.1 Å². The number of carbonyl (C=O) groups is 1. The van der Waals surface area contributed by atoms with Gasteiger partial charge in [-0.1, -0.05) is 6.07 Å². The molecule has 0 bridgehead atoms. The first-order chi connectivity index (χ1) is 9.63. The highest BCUT2D eigenvalue weighted by molar-refractivity contribution is 6.17.